The van der Waals surface area contributed by atoms with Gasteiger partial charge >= 0.3 is 0 Å². The summed E-state index contributed by atoms with van der Waals surface area (Å²) >= 11 is 3.62. The maximum Gasteiger partial charge on any atom is 0.0574 e. The Morgan fingerprint density at radius 2 is 1.56 bits per heavy atom. The van der Waals surface area contributed by atoms with Gasteiger partial charge in [-0.25, -0.2) is 0 Å². The summed E-state index contributed by atoms with van der Waals surface area (Å²) in [6.07, 6.45) is 15.9. The molecule has 0 saturated heterocycles. The highest BCUT2D eigenvalue weighted by atomic mass is 79.9. The molecule has 0 aromatic heterocycles. The number of hydrogen-bond acceptors (Lipinski definition) is 1. The minimum absolute atomic E-state index is 0.129. The monoisotopic (exact) mass is 506 g/mol. The predicted molar refractivity (Wildman–Crippen MR) is 141 cm³/mol. The van der Waals surface area contributed by atoms with Crippen molar-refractivity contribution < 1.29 is 5.11 Å². The molecular weight excluding hydrogens is 456 g/mol. The first kappa shape index (κ1) is 25.3. The van der Waals surface area contributed by atoms with Crippen molar-refractivity contribution in [1.82, 2.24) is 0 Å². The molecule has 4 fully saturated rings. The predicted octanol–water partition coefficient (Wildman–Crippen LogP) is 8.99. The van der Waals surface area contributed by atoms with Crippen molar-refractivity contribution in [3.05, 3.63) is 11.1 Å². The van der Waals surface area contributed by atoms with Crippen molar-refractivity contribution in [3.63, 3.8) is 0 Å². The molecule has 4 aliphatic rings. The molecule has 0 spiro atoms. The number of fused-ring (bicyclic) bond motifs is 5. The van der Waals surface area contributed by atoms with Gasteiger partial charge in [0.15, 0.2) is 0 Å². The molecule has 0 aromatic carbocycles. The van der Waals surface area contributed by atoms with Crippen molar-refractivity contribution in [2.24, 2.45) is 58.2 Å². The largest absolute Gasteiger partial charge is 0.393 e. The summed E-state index contributed by atoms with van der Waals surface area (Å²) in [6.45, 7) is 16.8. The van der Waals surface area contributed by atoms with E-state index in [1.807, 2.05) is 0 Å². The third-order valence-corrected chi connectivity index (χ3v) is 11.9. The molecule has 32 heavy (non-hydrogen) atoms. The van der Waals surface area contributed by atoms with E-state index in [9.17, 15) is 5.11 Å². The first-order valence-corrected chi connectivity index (χ1v) is 14.9. The first-order valence-electron chi connectivity index (χ1n) is 14.1. The summed E-state index contributed by atoms with van der Waals surface area (Å²) in [5, 5.41) is 10.9. The standard InChI is InChI=1S/C30H51BrO/c1-19(2)8-7-9-20(3)24-12-13-25-22-10-11-26-23(18-21(4)31)28(32)15-17-30(26,6)27(22)14-16-29(24,25)5/h19-20,22-28,32H,4,7-18H2,1-3,5-6H3/t20-,22+,23+,24-,25+,26?,27+,28-,29-,30+/m1/s1. The summed E-state index contributed by atoms with van der Waals surface area (Å²) < 4.78 is 1.08. The van der Waals surface area contributed by atoms with E-state index in [0.29, 0.717) is 22.7 Å². The SMILES string of the molecule is C=C(Br)C[C@H]1C2CC[C@H]3[C@@H]4CC[C@H]([C@H](C)CCCC(C)C)[C@@]4(C)CC[C@@H]3[C@@]2(C)CC[C@H]1O. The van der Waals surface area contributed by atoms with E-state index in [1.165, 1.54) is 64.2 Å². The number of hydrogen-bond donors (Lipinski definition) is 1. The van der Waals surface area contributed by atoms with Gasteiger partial charge in [0.05, 0.1) is 6.10 Å². The minimum Gasteiger partial charge on any atom is -0.393 e. The molecule has 184 valence electrons. The van der Waals surface area contributed by atoms with Crippen LogP contribution in [0.3, 0.4) is 0 Å². The molecule has 0 aliphatic heterocycles. The Balaban J connectivity index is 1.49. The second-order valence-electron chi connectivity index (χ2n) is 13.6. The molecule has 0 radical (unpaired) electrons. The van der Waals surface area contributed by atoms with E-state index < -0.39 is 0 Å². The molecule has 0 aromatic rings. The fourth-order valence-electron chi connectivity index (χ4n) is 10.1. The van der Waals surface area contributed by atoms with Crippen LogP contribution in [-0.4, -0.2) is 11.2 Å². The van der Waals surface area contributed by atoms with Crippen molar-refractivity contribution in [2.75, 3.05) is 0 Å². The van der Waals surface area contributed by atoms with Crippen LogP contribution in [0.2, 0.25) is 0 Å². The molecule has 4 rings (SSSR count). The highest BCUT2D eigenvalue weighted by Gasteiger charge is 2.61. The van der Waals surface area contributed by atoms with E-state index in [4.69, 9.17) is 0 Å². The molecule has 0 amide bonds. The van der Waals surface area contributed by atoms with E-state index >= 15 is 0 Å². The Bertz CT molecular complexity index is 672. The van der Waals surface area contributed by atoms with Crippen LogP contribution < -0.4 is 0 Å². The zero-order valence-electron chi connectivity index (χ0n) is 21.7. The van der Waals surface area contributed by atoms with Crippen LogP contribution in [0, 0.1) is 58.2 Å². The van der Waals surface area contributed by atoms with Crippen molar-refractivity contribution in [3.8, 4) is 0 Å². The summed E-state index contributed by atoms with van der Waals surface area (Å²) in [5.74, 6) is 6.55. The van der Waals surface area contributed by atoms with Gasteiger partial charge in [-0.1, -0.05) is 76.4 Å². The van der Waals surface area contributed by atoms with E-state index in [-0.39, 0.29) is 6.10 Å². The summed E-state index contributed by atoms with van der Waals surface area (Å²) in [7, 11) is 0. The smallest absolute Gasteiger partial charge is 0.0574 e. The fourth-order valence-corrected chi connectivity index (χ4v) is 10.4. The maximum atomic E-state index is 10.9. The van der Waals surface area contributed by atoms with Crippen LogP contribution >= 0.6 is 15.9 Å². The van der Waals surface area contributed by atoms with E-state index in [0.717, 1.165) is 52.8 Å². The Morgan fingerprint density at radius 3 is 2.25 bits per heavy atom. The van der Waals surface area contributed by atoms with Crippen LogP contribution in [0.25, 0.3) is 0 Å². The second kappa shape index (κ2) is 9.67. The Hall–Kier alpha value is 0.180. The topological polar surface area (TPSA) is 20.2 Å². The average molecular weight is 508 g/mol. The first-order chi connectivity index (χ1) is 15.1. The van der Waals surface area contributed by atoms with Gasteiger partial charge in [-0.05, 0) is 120 Å². The van der Waals surface area contributed by atoms with Crippen molar-refractivity contribution >= 4 is 15.9 Å². The maximum absolute atomic E-state index is 10.9. The van der Waals surface area contributed by atoms with Crippen LogP contribution in [0.1, 0.15) is 112 Å². The number of aliphatic hydroxyl groups excluding tert-OH is 1. The van der Waals surface area contributed by atoms with Crippen LogP contribution in [-0.2, 0) is 0 Å². The average Bonchev–Trinajstić information content (AvgIpc) is 3.07. The van der Waals surface area contributed by atoms with Gasteiger partial charge in [0.1, 0.15) is 0 Å². The molecule has 10 atom stereocenters. The number of rotatable bonds is 7. The zero-order valence-corrected chi connectivity index (χ0v) is 23.3. The lowest BCUT2D eigenvalue weighted by atomic mass is 9.43. The van der Waals surface area contributed by atoms with E-state index in [1.54, 1.807) is 0 Å². The van der Waals surface area contributed by atoms with Gasteiger partial charge in [0.2, 0.25) is 0 Å². The Labute approximate surface area is 207 Å². The van der Waals surface area contributed by atoms with Crippen molar-refractivity contribution in [2.45, 2.75) is 118 Å². The van der Waals surface area contributed by atoms with Crippen LogP contribution in [0.4, 0.5) is 0 Å². The number of halogens is 1. The lowest BCUT2D eigenvalue weighted by molar-refractivity contribution is -0.152. The summed E-state index contributed by atoms with van der Waals surface area (Å²) in [4.78, 5) is 0. The van der Waals surface area contributed by atoms with Gasteiger partial charge in [0, 0.05) is 0 Å². The molecular formula is C30H51BrO. The second-order valence-corrected chi connectivity index (χ2v) is 14.7. The molecule has 1 unspecified atom stereocenters. The van der Waals surface area contributed by atoms with Gasteiger partial charge in [-0.3, -0.25) is 0 Å². The zero-order chi connectivity index (χ0) is 23.3. The van der Waals surface area contributed by atoms with Gasteiger partial charge in [-0.15, -0.1) is 0 Å². The third-order valence-electron chi connectivity index (χ3n) is 11.6. The molecule has 0 bridgehead atoms. The minimum atomic E-state index is -0.129. The normalized spacial score (nSPS) is 46.9. The van der Waals surface area contributed by atoms with Gasteiger partial charge in [-0.2, -0.15) is 0 Å². The molecule has 1 N–H and O–H groups in total. The molecule has 1 nitrogen and oxygen atoms in total. The quantitative estimate of drug-likeness (QED) is 0.365. The third kappa shape index (κ3) is 4.43. The highest BCUT2D eigenvalue weighted by molar-refractivity contribution is 9.11. The Morgan fingerprint density at radius 1 is 0.906 bits per heavy atom. The number of allylic oxidation sites excluding steroid dienone is 1. The molecule has 4 saturated carbocycles. The van der Waals surface area contributed by atoms with Gasteiger partial charge in [0.25, 0.3) is 0 Å². The van der Waals surface area contributed by atoms with Crippen LogP contribution in [0.15, 0.2) is 11.1 Å². The number of aliphatic hydroxyl groups is 1. The lowest BCUT2D eigenvalue weighted by Gasteiger charge is -2.63. The van der Waals surface area contributed by atoms with Gasteiger partial charge < -0.3 is 5.11 Å². The van der Waals surface area contributed by atoms with Crippen LogP contribution in [0.5, 0.6) is 0 Å². The molecule has 4 aliphatic carbocycles. The van der Waals surface area contributed by atoms with E-state index in [2.05, 4.69) is 57.1 Å². The summed E-state index contributed by atoms with van der Waals surface area (Å²) in [6, 6.07) is 0. The fraction of sp³-hybridized carbons (Fsp3) is 0.933. The Kier molecular flexibility index (Phi) is 7.64. The molecule has 2 heteroatoms. The lowest BCUT2D eigenvalue weighted by Crippen LogP contribution is -2.56. The highest BCUT2D eigenvalue weighted by Crippen LogP contribution is 2.69. The summed E-state index contributed by atoms with van der Waals surface area (Å²) in [5.41, 5.74) is 1.01. The molecule has 0 heterocycles. The van der Waals surface area contributed by atoms with Crippen molar-refractivity contribution in [1.29, 1.82) is 0 Å².